The van der Waals surface area contributed by atoms with Crippen molar-refractivity contribution in [3.05, 3.63) is 35.6 Å². The van der Waals surface area contributed by atoms with Gasteiger partial charge in [0.2, 0.25) is 5.78 Å². The van der Waals surface area contributed by atoms with Gasteiger partial charge in [-0.15, -0.1) is 0 Å². The van der Waals surface area contributed by atoms with E-state index in [9.17, 15) is 17.6 Å². The van der Waals surface area contributed by atoms with Crippen LogP contribution in [0, 0.1) is 17.3 Å². The van der Waals surface area contributed by atoms with Crippen LogP contribution in [0.5, 0.6) is 0 Å². The number of carbonyl (C=O) groups is 1. The summed E-state index contributed by atoms with van der Waals surface area (Å²) in [7, 11) is -3.31. The van der Waals surface area contributed by atoms with Gasteiger partial charge in [0.1, 0.15) is 0 Å². The van der Waals surface area contributed by atoms with Gasteiger partial charge in [-0.3, -0.25) is 9.18 Å². The number of hydrogen-bond acceptors (Lipinski definition) is 4. The van der Waals surface area contributed by atoms with Crippen LogP contribution in [-0.2, 0) is 19.4 Å². The zero-order valence-corrected chi connectivity index (χ0v) is 18.2. The Morgan fingerprint density at radius 2 is 1.79 bits per heavy atom. The molecule has 0 bridgehead atoms. The Labute approximate surface area is 168 Å². The van der Waals surface area contributed by atoms with Gasteiger partial charge in [0.25, 0.3) is 0 Å². The molecule has 1 saturated carbocycles. The first-order valence-corrected chi connectivity index (χ1v) is 11.6. The van der Waals surface area contributed by atoms with Crippen LogP contribution < -0.4 is 0 Å². The molecule has 0 amide bonds. The smallest absolute Gasteiger partial charge is 0.200 e. The molecule has 0 N–H and O–H groups in total. The summed E-state index contributed by atoms with van der Waals surface area (Å²) in [5, 5.41) is 0. The molecular formula is C22H31FO4S. The van der Waals surface area contributed by atoms with Crippen molar-refractivity contribution in [2.45, 2.75) is 51.9 Å². The van der Waals surface area contributed by atoms with Crippen LogP contribution in [0.15, 0.2) is 34.9 Å². The maximum Gasteiger partial charge on any atom is 0.200 e. The third kappa shape index (κ3) is 5.43. The molecule has 1 aromatic carbocycles. The van der Waals surface area contributed by atoms with Crippen molar-refractivity contribution in [3.63, 3.8) is 0 Å². The van der Waals surface area contributed by atoms with Gasteiger partial charge in [-0.25, -0.2) is 8.42 Å². The molecule has 0 spiro atoms. The molecule has 1 fully saturated rings. The van der Waals surface area contributed by atoms with E-state index in [1.165, 1.54) is 0 Å². The van der Waals surface area contributed by atoms with Gasteiger partial charge in [0.05, 0.1) is 18.2 Å². The van der Waals surface area contributed by atoms with Gasteiger partial charge in [0.15, 0.2) is 15.6 Å². The minimum Gasteiger partial charge on any atom is -0.489 e. The third-order valence-corrected chi connectivity index (χ3v) is 6.15. The fourth-order valence-corrected chi connectivity index (χ4v) is 3.80. The number of halogens is 1. The predicted molar refractivity (Wildman–Crippen MR) is 109 cm³/mol. The molecule has 2 rings (SSSR count). The van der Waals surface area contributed by atoms with Crippen molar-refractivity contribution < 1.29 is 22.3 Å². The highest BCUT2D eigenvalue weighted by Gasteiger charge is 2.34. The molecule has 156 valence electrons. The normalized spacial score (nSPS) is 17.5. The Morgan fingerprint density at radius 3 is 2.18 bits per heavy atom. The minimum absolute atomic E-state index is 0.0329. The minimum atomic E-state index is -3.31. The van der Waals surface area contributed by atoms with Gasteiger partial charge in [-0.05, 0) is 36.0 Å². The fourth-order valence-electron chi connectivity index (χ4n) is 3.17. The Hall–Kier alpha value is -1.69. The van der Waals surface area contributed by atoms with Gasteiger partial charge in [-0.1, -0.05) is 46.2 Å². The maximum atomic E-state index is 13.1. The van der Waals surface area contributed by atoms with E-state index < -0.39 is 21.9 Å². The lowest BCUT2D eigenvalue weighted by Gasteiger charge is -2.31. The average Bonchev–Trinajstić information content (AvgIpc) is 2.54. The Balaban J connectivity index is 2.56. The van der Waals surface area contributed by atoms with Crippen molar-refractivity contribution in [2.75, 3.05) is 19.5 Å². The quantitative estimate of drug-likeness (QED) is 0.454. The Bertz CT molecular complexity index is 828. The highest BCUT2D eigenvalue weighted by molar-refractivity contribution is 7.90. The van der Waals surface area contributed by atoms with Crippen LogP contribution in [0.3, 0.4) is 0 Å². The number of hydrogen-bond donors (Lipinski definition) is 0. The van der Waals surface area contributed by atoms with E-state index in [4.69, 9.17) is 4.74 Å². The van der Waals surface area contributed by atoms with E-state index in [1.807, 2.05) is 20.8 Å². The summed E-state index contributed by atoms with van der Waals surface area (Å²) in [5.74, 6) is -0.0969. The number of alkyl halides is 1. The number of sulfone groups is 1. The lowest BCUT2D eigenvalue weighted by atomic mass is 9.76. The molecule has 0 saturated heterocycles. The second-order valence-corrected chi connectivity index (χ2v) is 10.8. The molecule has 0 aromatic heterocycles. The number of rotatable bonds is 8. The monoisotopic (exact) mass is 410 g/mol. The summed E-state index contributed by atoms with van der Waals surface area (Å²) in [5.41, 5.74) is 1.06. The summed E-state index contributed by atoms with van der Waals surface area (Å²) in [6.45, 7) is 7.32. The van der Waals surface area contributed by atoms with Crippen LogP contribution in [-0.4, -0.2) is 33.7 Å². The molecule has 1 aliphatic carbocycles. The standard InChI is InChI=1S/C22H31FO4S/c1-15(13-23)14-27-21(20(24)17-7-6-8-17)19(22(2,3)4)16-9-11-18(12-10-16)28(5,25)26/h9-12,15,17H,6-8,13-14H2,1-5H3/b21-19+/t15-/m0/s1. The summed E-state index contributed by atoms with van der Waals surface area (Å²) in [4.78, 5) is 13.4. The zero-order valence-electron chi connectivity index (χ0n) is 17.4. The maximum absolute atomic E-state index is 13.1. The first-order chi connectivity index (χ1) is 12.9. The van der Waals surface area contributed by atoms with Gasteiger partial charge in [0, 0.05) is 23.7 Å². The number of ketones is 1. The van der Waals surface area contributed by atoms with Gasteiger partial charge in [-0.2, -0.15) is 0 Å². The lowest BCUT2D eigenvalue weighted by molar-refractivity contribution is -0.125. The molecule has 0 unspecified atom stereocenters. The topological polar surface area (TPSA) is 60.4 Å². The molecule has 28 heavy (non-hydrogen) atoms. The van der Waals surface area contributed by atoms with Crippen LogP contribution in [0.2, 0.25) is 0 Å². The van der Waals surface area contributed by atoms with E-state index in [0.717, 1.165) is 36.7 Å². The van der Waals surface area contributed by atoms with E-state index in [0.29, 0.717) is 5.76 Å². The van der Waals surface area contributed by atoms with E-state index in [1.54, 1.807) is 31.2 Å². The lowest BCUT2D eigenvalue weighted by Crippen LogP contribution is -2.28. The van der Waals surface area contributed by atoms with Crippen molar-refractivity contribution in [3.8, 4) is 0 Å². The van der Waals surface area contributed by atoms with E-state index in [2.05, 4.69) is 0 Å². The molecule has 4 nitrogen and oxygen atoms in total. The molecule has 1 aliphatic rings. The molecule has 0 radical (unpaired) electrons. The number of carbonyl (C=O) groups excluding carboxylic acids is 1. The average molecular weight is 411 g/mol. The van der Waals surface area contributed by atoms with Crippen molar-refractivity contribution in [1.29, 1.82) is 0 Å². The van der Waals surface area contributed by atoms with Crippen molar-refractivity contribution in [2.24, 2.45) is 17.3 Å². The molecule has 0 heterocycles. The summed E-state index contributed by atoms with van der Waals surface area (Å²) in [6, 6.07) is 6.53. The van der Waals surface area contributed by atoms with Crippen LogP contribution in [0.25, 0.3) is 5.57 Å². The van der Waals surface area contributed by atoms with Gasteiger partial charge < -0.3 is 4.74 Å². The molecule has 1 aromatic rings. The van der Waals surface area contributed by atoms with E-state index in [-0.39, 0.29) is 29.1 Å². The summed E-state index contributed by atoms with van der Waals surface area (Å²) in [6.07, 6.45) is 3.87. The summed E-state index contributed by atoms with van der Waals surface area (Å²) >= 11 is 0. The zero-order chi connectivity index (χ0) is 21.1. The summed E-state index contributed by atoms with van der Waals surface area (Å²) < 4.78 is 42.4. The Kier molecular flexibility index (Phi) is 7.07. The predicted octanol–water partition coefficient (Wildman–Crippen LogP) is 4.84. The van der Waals surface area contributed by atoms with E-state index >= 15 is 0 Å². The van der Waals surface area contributed by atoms with Crippen LogP contribution in [0.1, 0.15) is 52.5 Å². The number of allylic oxidation sites excluding steroid dienone is 2. The second kappa shape index (κ2) is 8.76. The number of ether oxygens (including phenoxy) is 1. The number of Topliss-reactive ketones (excluding diaryl/α,β-unsaturated/α-hetero) is 1. The Morgan fingerprint density at radius 1 is 1.21 bits per heavy atom. The van der Waals surface area contributed by atoms with Crippen LogP contribution >= 0.6 is 0 Å². The number of benzene rings is 1. The van der Waals surface area contributed by atoms with Gasteiger partial charge >= 0.3 is 0 Å². The molecular weight excluding hydrogens is 379 g/mol. The molecule has 6 heteroatoms. The fraction of sp³-hybridized carbons (Fsp3) is 0.591. The van der Waals surface area contributed by atoms with Crippen molar-refractivity contribution in [1.82, 2.24) is 0 Å². The molecule has 1 atom stereocenters. The first-order valence-electron chi connectivity index (χ1n) is 9.73. The highest BCUT2D eigenvalue weighted by atomic mass is 32.2. The van der Waals surface area contributed by atoms with Crippen molar-refractivity contribution >= 4 is 21.2 Å². The highest BCUT2D eigenvalue weighted by Crippen LogP contribution is 2.40. The SMILES string of the molecule is C[C@@H](CF)CO/C(C(=O)C1CCC1)=C(\c1ccc(S(C)(=O)=O)cc1)C(C)(C)C. The first kappa shape index (κ1) is 22.6. The second-order valence-electron chi connectivity index (χ2n) is 8.81. The largest absolute Gasteiger partial charge is 0.489 e. The molecule has 0 aliphatic heterocycles. The van der Waals surface area contributed by atoms with Crippen LogP contribution in [0.4, 0.5) is 4.39 Å². The third-order valence-electron chi connectivity index (χ3n) is 5.02.